The summed E-state index contributed by atoms with van der Waals surface area (Å²) in [5.41, 5.74) is 1.32. The van der Waals surface area contributed by atoms with E-state index in [1.807, 2.05) is 17.0 Å². The minimum absolute atomic E-state index is 0.303. The van der Waals surface area contributed by atoms with Crippen molar-refractivity contribution in [1.82, 2.24) is 15.1 Å². The van der Waals surface area contributed by atoms with E-state index < -0.39 is 0 Å². The number of piperazine rings is 1. The molecule has 2 atom stereocenters. The van der Waals surface area contributed by atoms with Crippen molar-refractivity contribution in [1.29, 1.82) is 0 Å². The average molecular weight is 362 g/mol. The Hall–Kier alpha value is -1.59. The Morgan fingerprint density at radius 3 is 2.73 bits per heavy atom. The highest BCUT2D eigenvalue weighted by Gasteiger charge is 2.20. The van der Waals surface area contributed by atoms with Crippen LogP contribution in [0, 0.1) is 0 Å². The molecule has 1 heterocycles. The zero-order chi connectivity index (χ0) is 18.9. The highest BCUT2D eigenvalue weighted by atomic mass is 16.5. The number of hydrogen-bond donors (Lipinski definition) is 1. The van der Waals surface area contributed by atoms with Crippen molar-refractivity contribution in [3.05, 3.63) is 29.8 Å². The monoisotopic (exact) mass is 361 g/mol. The molecule has 1 amide bonds. The second kappa shape index (κ2) is 10.5. The van der Waals surface area contributed by atoms with E-state index >= 15 is 0 Å². The number of nitrogens with zero attached hydrogens (tertiary/aromatic N) is 2. The Labute approximate surface area is 158 Å². The molecular formula is C21H35N3O2. The molecule has 2 unspecified atom stereocenters. The summed E-state index contributed by atoms with van der Waals surface area (Å²) in [6.07, 6.45) is 2.59. The van der Waals surface area contributed by atoms with Gasteiger partial charge in [0.2, 0.25) is 5.91 Å². The molecule has 0 saturated carbocycles. The van der Waals surface area contributed by atoms with Gasteiger partial charge in [-0.25, -0.2) is 0 Å². The molecule has 146 valence electrons. The third-order valence-corrected chi connectivity index (χ3v) is 5.28. The molecule has 1 aromatic rings. The Morgan fingerprint density at radius 1 is 1.38 bits per heavy atom. The average Bonchev–Trinajstić information content (AvgIpc) is 2.65. The van der Waals surface area contributed by atoms with Crippen LogP contribution in [-0.2, 0) is 11.2 Å². The van der Waals surface area contributed by atoms with Crippen LogP contribution < -0.4 is 10.1 Å². The van der Waals surface area contributed by atoms with Crippen LogP contribution in [0.1, 0.15) is 39.2 Å². The fourth-order valence-electron chi connectivity index (χ4n) is 3.67. The summed E-state index contributed by atoms with van der Waals surface area (Å²) in [5.74, 6) is 1.20. The predicted octanol–water partition coefficient (Wildman–Crippen LogP) is 2.55. The standard InChI is InChI=1S/C21H35N3O2/c1-5-23(18(3)15-19-8-10-20(26-4)11-9-19)13-6-7-21(25)24-14-12-22-17(2)16-24/h8-11,17-18,22H,5-7,12-16H2,1-4H3. The summed E-state index contributed by atoms with van der Waals surface area (Å²) in [7, 11) is 1.69. The normalized spacial score (nSPS) is 18.8. The SMILES string of the molecule is CCN(CCCC(=O)N1CCNC(C)C1)C(C)Cc1ccc(OC)cc1. The van der Waals surface area contributed by atoms with Crippen molar-refractivity contribution < 1.29 is 9.53 Å². The molecule has 0 bridgehead atoms. The molecule has 0 spiro atoms. The largest absolute Gasteiger partial charge is 0.497 e. The maximum Gasteiger partial charge on any atom is 0.222 e. The van der Waals surface area contributed by atoms with Gasteiger partial charge in [0.15, 0.2) is 0 Å². The van der Waals surface area contributed by atoms with Crippen LogP contribution in [0.25, 0.3) is 0 Å². The van der Waals surface area contributed by atoms with Gasteiger partial charge in [0.25, 0.3) is 0 Å². The molecule has 0 aliphatic carbocycles. The number of methoxy groups -OCH3 is 1. The van der Waals surface area contributed by atoms with E-state index in [4.69, 9.17) is 4.74 Å². The van der Waals surface area contributed by atoms with Gasteiger partial charge in [-0.2, -0.15) is 0 Å². The van der Waals surface area contributed by atoms with Gasteiger partial charge in [-0.05, 0) is 57.5 Å². The molecule has 1 saturated heterocycles. The summed E-state index contributed by atoms with van der Waals surface area (Å²) < 4.78 is 5.22. The lowest BCUT2D eigenvalue weighted by Gasteiger charge is -2.32. The molecule has 1 fully saturated rings. The number of carbonyl (C=O) groups is 1. The third-order valence-electron chi connectivity index (χ3n) is 5.28. The fraction of sp³-hybridized carbons (Fsp3) is 0.667. The summed E-state index contributed by atoms with van der Waals surface area (Å²) in [6, 6.07) is 9.18. The van der Waals surface area contributed by atoms with Gasteiger partial charge in [0.05, 0.1) is 7.11 Å². The van der Waals surface area contributed by atoms with E-state index in [0.29, 0.717) is 24.4 Å². The van der Waals surface area contributed by atoms with E-state index in [9.17, 15) is 4.79 Å². The van der Waals surface area contributed by atoms with Gasteiger partial charge in [-0.15, -0.1) is 0 Å². The predicted molar refractivity (Wildman–Crippen MR) is 107 cm³/mol. The Bertz CT molecular complexity index is 547. The lowest BCUT2D eigenvalue weighted by atomic mass is 10.1. The minimum Gasteiger partial charge on any atom is -0.497 e. The number of carbonyl (C=O) groups excluding carboxylic acids is 1. The van der Waals surface area contributed by atoms with Crippen LogP contribution in [-0.4, -0.2) is 67.6 Å². The molecule has 26 heavy (non-hydrogen) atoms. The number of hydrogen-bond acceptors (Lipinski definition) is 4. The summed E-state index contributed by atoms with van der Waals surface area (Å²) in [5, 5.41) is 3.39. The molecule has 5 heteroatoms. The van der Waals surface area contributed by atoms with Gasteiger partial charge < -0.3 is 19.9 Å². The number of likely N-dealkylation sites (N-methyl/N-ethyl adjacent to an activating group) is 1. The van der Waals surface area contributed by atoms with Crippen molar-refractivity contribution >= 4 is 5.91 Å². The van der Waals surface area contributed by atoms with E-state index in [-0.39, 0.29) is 0 Å². The highest BCUT2D eigenvalue weighted by molar-refractivity contribution is 5.76. The topological polar surface area (TPSA) is 44.8 Å². The molecule has 2 rings (SSSR count). The van der Waals surface area contributed by atoms with Gasteiger partial charge >= 0.3 is 0 Å². The summed E-state index contributed by atoms with van der Waals surface area (Å²) in [6.45, 7) is 11.2. The molecule has 0 aromatic heterocycles. The van der Waals surface area contributed by atoms with Crippen molar-refractivity contribution in [3.63, 3.8) is 0 Å². The van der Waals surface area contributed by atoms with Crippen LogP contribution in [0.15, 0.2) is 24.3 Å². The fourth-order valence-corrected chi connectivity index (χ4v) is 3.67. The van der Waals surface area contributed by atoms with Crippen LogP contribution in [0.3, 0.4) is 0 Å². The Morgan fingerprint density at radius 2 is 2.12 bits per heavy atom. The van der Waals surface area contributed by atoms with Crippen LogP contribution in [0.2, 0.25) is 0 Å². The number of ether oxygens (including phenoxy) is 1. The maximum absolute atomic E-state index is 12.4. The zero-order valence-corrected chi connectivity index (χ0v) is 16.8. The van der Waals surface area contributed by atoms with Crippen LogP contribution in [0.4, 0.5) is 0 Å². The lowest BCUT2D eigenvalue weighted by molar-refractivity contribution is -0.132. The quantitative estimate of drug-likeness (QED) is 0.734. The van der Waals surface area contributed by atoms with Crippen LogP contribution >= 0.6 is 0 Å². The molecule has 1 aromatic carbocycles. The van der Waals surface area contributed by atoms with Gasteiger partial charge in [-0.3, -0.25) is 4.79 Å². The summed E-state index contributed by atoms with van der Waals surface area (Å²) >= 11 is 0. The highest BCUT2D eigenvalue weighted by Crippen LogP contribution is 2.15. The van der Waals surface area contributed by atoms with E-state index in [2.05, 4.69) is 43.1 Å². The molecule has 0 radical (unpaired) electrons. The van der Waals surface area contributed by atoms with Gasteiger partial charge in [0.1, 0.15) is 5.75 Å². The van der Waals surface area contributed by atoms with Gasteiger partial charge in [-0.1, -0.05) is 19.1 Å². The molecule has 5 nitrogen and oxygen atoms in total. The van der Waals surface area contributed by atoms with Crippen molar-refractivity contribution in [3.8, 4) is 5.75 Å². The molecule has 1 aliphatic rings. The minimum atomic E-state index is 0.303. The maximum atomic E-state index is 12.4. The molecule has 1 aliphatic heterocycles. The first-order valence-electron chi connectivity index (χ1n) is 9.91. The smallest absolute Gasteiger partial charge is 0.222 e. The van der Waals surface area contributed by atoms with Crippen molar-refractivity contribution in [2.45, 2.75) is 52.1 Å². The Kier molecular flexibility index (Phi) is 8.39. The Balaban J connectivity index is 1.75. The second-order valence-corrected chi connectivity index (χ2v) is 7.33. The number of amides is 1. The van der Waals surface area contributed by atoms with Crippen molar-refractivity contribution in [2.24, 2.45) is 0 Å². The zero-order valence-electron chi connectivity index (χ0n) is 16.8. The number of nitrogens with one attached hydrogen (secondary N) is 1. The summed E-state index contributed by atoms with van der Waals surface area (Å²) in [4.78, 5) is 16.9. The first-order chi connectivity index (χ1) is 12.5. The molecule has 1 N–H and O–H groups in total. The number of rotatable bonds is 9. The molecular weight excluding hydrogens is 326 g/mol. The second-order valence-electron chi connectivity index (χ2n) is 7.33. The number of benzene rings is 1. The van der Waals surface area contributed by atoms with Crippen LogP contribution in [0.5, 0.6) is 5.75 Å². The first-order valence-corrected chi connectivity index (χ1v) is 9.91. The first kappa shape index (κ1) is 20.7. The lowest BCUT2D eigenvalue weighted by Crippen LogP contribution is -2.51. The van der Waals surface area contributed by atoms with E-state index in [1.54, 1.807) is 7.11 Å². The van der Waals surface area contributed by atoms with E-state index in [1.165, 1.54) is 5.56 Å². The van der Waals surface area contributed by atoms with Crippen molar-refractivity contribution in [2.75, 3.05) is 39.8 Å². The third kappa shape index (κ3) is 6.29. The van der Waals surface area contributed by atoms with E-state index in [0.717, 1.165) is 51.3 Å². The van der Waals surface area contributed by atoms with Gasteiger partial charge in [0, 0.05) is 38.1 Å².